The Morgan fingerprint density at radius 1 is 1.15 bits per heavy atom. The van der Waals surface area contributed by atoms with Gasteiger partial charge in [-0.05, 0) is 18.9 Å². The highest BCUT2D eigenvalue weighted by atomic mass is 16.6. The second-order valence-corrected chi connectivity index (χ2v) is 6.84. The van der Waals surface area contributed by atoms with Crippen LogP contribution in [-0.2, 0) is 9.59 Å². The monoisotopic (exact) mass is 360 g/mol. The molecule has 1 aromatic carbocycles. The molecule has 0 atom stereocenters. The number of non-ortho nitro benzene ring substituents is 1. The highest BCUT2D eigenvalue weighted by molar-refractivity contribution is 5.86. The molecule has 0 radical (unpaired) electrons. The second-order valence-electron chi connectivity index (χ2n) is 6.84. The van der Waals surface area contributed by atoms with Crippen LogP contribution in [0.1, 0.15) is 25.7 Å². The summed E-state index contributed by atoms with van der Waals surface area (Å²) in [7, 11) is 0. The number of rotatable bonds is 5. The lowest BCUT2D eigenvalue weighted by Gasteiger charge is -2.36. The number of carbonyl (C=O) groups is 2. The number of anilines is 1. The maximum Gasteiger partial charge on any atom is 0.271 e. The van der Waals surface area contributed by atoms with Crippen LogP contribution in [0.15, 0.2) is 24.3 Å². The van der Waals surface area contributed by atoms with Crippen LogP contribution in [-0.4, -0.2) is 54.4 Å². The van der Waals surface area contributed by atoms with Crippen molar-refractivity contribution in [3.05, 3.63) is 34.4 Å². The smallest absolute Gasteiger partial charge is 0.271 e. The lowest BCUT2D eigenvalue weighted by Crippen LogP contribution is -2.51. The van der Waals surface area contributed by atoms with Gasteiger partial charge < -0.3 is 15.1 Å². The Morgan fingerprint density at radius 3 is 2.50 bits per heavy atom. The van der Waals surface area contributed by atoms with E-state index in [1.54, 1.807) is 17.0 Å². The number of nitrogens with zero attached hydrogens (tertiary/aromatic N) is 3. The predicted molar refractivity (Wildman–Crippen MR) is 96.9 cm³/mol. The van der Waals surface area contributed by atoms with Gasteiger partial charge in [0.2, 0.25) is 11.8 Å². The molecule has 1 heterocycles. The third-order valence-corrected chi connectivity index (χ3v) is 5.18. The molecule has 1 saturated heterocycles. The summed E-state index contributed by atoms with van der Waals surface area (Å²) in [6.45, 7) is 2.36. The number of carbonyl (C=O) groups excluding carboxylic acids is 2. The summed E-state index contributed by atoms with van der Waals surface area (Å²) < 4.78 is 0. The number of hydrogen-bond donors (Lipinski definition) is 1. The molecule has 26 heavy (non-hydrogen) atoms. The molecular weight excluding hydrogens is 336 g/mol. The molecule has 2 aliphatic rings. The number of nitro groups is 1. The van der Waals surface area contributed by atoms with Gasteiger partial charge in [0.1, 0.15) is 0 Å². The number of benzene rings is 1. The molecule has 2 fully saturated rings. The quantitative estimate of drug-likeness (QED) is 0.635. The van der Waals surface area contributed by atoms with Crippen LogP contribution in [0.3, 0.4) is 0 Å². The summed E-state index contributed by atoms with van der Waals surface area (Å²) in [5, 5.41) is 13.7. The average Bonchev–Trinajstić information content (AvgIpc) is 3.21. The van der Waals surface area contributed by atoms with Crippen molar-refractivity contribution < 1.29 is 14.5 Å². The minimum atomic E-state index is -0.406. The van der Waals surface area contributed by atoms with Crippen LogP contribution in [0.4, 0.5) is 11.4 Å². The van der Waals surface area contributed by atoms with Gasteiger partial charge in [0.05, 0.1) is 11.5 Å². The van der Waals surface area contributed by atoms with Gasteiger partial charge in [-0.25, -0.2) is 0 Å². The van der Waals surface area contributed by atoms with Gasteiger partial charge in [-0.3, -0.25) is 19.7 Å². The SMILES string of the molecule is O=C(NCC(=O)N1CCN(c2cccc([N+](=O)[O-])c2)CC1)C1CCCC1. The van der Waals surface area contributed by atoms with Crippen LogP contribution in [0, 0.1) is 16.0 Å². The van der Waals surface area contributed by atoms with E-state index in [0.29, 0.717) is 26.2 Å². The zero-order valence-corrected chi connectivity index (χ0v) is 14.7. The highest BCUT2D eigenvalue weighted by Gasteiger charge is 2.25. The molecule has 1 saturated carbocycles. The zero-order valence-electron chi connectivity index (χ0n) is 14.7. The molecule has 0 bridgehead atoms. The first kappa shape index (κ1) is 18.2. The molecule has 1 N–H and O–H groups in total. The van der Waals surface area contributed by atoms with Crippen LogP contribution in [0.5, 0.6) is 0 Å². The molecule has 0 unspecified atom stereocenters. The molecule has 2 amide bonds. The second kappa shape index (κ2) is 8.16. The minimum absolute atomic E-state index is 0.00826. The van der Waals surface area contributed by atoms with Crippen LogP contribution in [0.2, 0.25) is 0 Å². The van der Waals surface area contributed by atoms with Crippen molar-refractivity contribution in [2.75, 3.05) is 37.6 Å². The summed E-state index contributed by atoms with van der Waals surface area (Å²) in [6.07, 6.45) is 4.01. The first-order valence-corrected chi connectivity index (χ1v) is 9.09. The minimum Gasteiger partial charge on any atom is -0.368 e. The zero-order chi connectivity index (χ0) is 18.5. The Labute approximate surface area is 152 Å². The summed E-state index contributed by atoms with van der Waals surface area (Å²) in [4.78, 5) is 38.6. The number of amides is 2. The molecular formula is C18H24N4O4. The molecule has 8 nitrogen and oxygen atoms in total. The van der Waals surface area contributed by atoms with E-state index in [1.165, 1.54) is 6.07 Å². The van der Waals surface area contributed by atoms with Gasteiger partial charge in [0.15, 0.2) is 0 Å². The van der Waals surface area contributed by atoms with Crippen LogP contribution >= 0.6 is 0 Å². The molecule has 8 heteroatoms. The fourth-order valence-electron chi connectivity index (χ4n) is 3.62. The Hall–Kier alpha value is -2.64. The third kappa shape index (κ3) is 4.30. The fraction of sp³-hybridized carbons (Fsp3) is 0.556. The first-order chi connectivity index (χ1) is 12.5. The van der Waals surface area contributed by atoms with Crippen LogP contribution in [0.25, 0.3) is 0 Å². The van der Waals surface area contributed by atoms with Gasteiger partial charge in [0.25, 0.3) is 5.69 Å². The fourth-order valence-corrected chi connectivity index (χ4v) is 3.62. The van der Waals surface area contributed by atoms with E-state index < -0.39 is 4.92 Å². The predicted octanol–water partition coefficient (Wildman–Crippen LogP) is 1.55. The van der Waals surface area contributed by atoms with Crippen molar-refractivity contribution in [3.8, 4) is 0 Å². The summed E-state index contributed by atoms with van der Waals surface area (Å²) >= 11 is 0. The number of nitrogens with one attached hydrogen (secondary N) is 1. The average molecular weight is 360 g/mol. The van der Waals surface area contributed by atoms with E-state index in [-0.39, 0.29) is 30.0 Å². The summed E-state index contributed by atoms with van der Waals surface area (Å²) in [5.74, 6) is -0.0189. The van der Waals surface area contributed by atoms with Crippen molar-refractivity contribution in [3.63, 3.8) is 0 Å². The number of piperazine rings is 1. The van der Waals surface area contributed by atoms with E-state index in [2.05, 4.69) is 5.32 Å². The van der Waals surface area contributed by atoms with Crippen molar-refractivity contribution >= 4 is 23.2 Å². The van der Waals surface area contributed by atoms with E-state index in [1.807, 2.05) is 11.0 Å². The highest BCUT2D eigenvalue weighted by Crippen LogP contribution is 2.24. The molecule has 3 rings (SSSR count). The molecule has 1 aromatic rings. The Morgan fingerprint density at radius 2 is 1.85 bits per heavy atom. The largest absolute Gasteiger partial charge is 0.368 e. The van der Waals surface area contributed by atoms with Gasteiger partial charge in [-0.2, -0.15) is 0 Å². The Bertz CT molecular complexity index is 680. The van der Waals surface area contributed by atoms with Gasteiger partial charge >= 0.3 is 0 Å². The van der Waals surface area contributed by atoms with E-state index in [9.17, 15) is 19.7 Å². The maximum atomic E-state index is 12.3. The molecule has 0 spiro atoms. The summed E-state index contributed by atoms with van der Waals surface area (Å²) in [5.41, 5.74) is 0.858. The maximum absolute atomic E-state index is 12.3. The normalized spacial score (nSPS) is 18.0. The Balaban J connectivity index is 1.47. The molecule has 1 aliphatic heterocycles. The number of hydrogen-bond acceptors (Lipinski definition) is 5. The Kier molecular flexibility index (Phi) is 5.70. The first-order valence-electron chi connectivity index (χ1n) is 9.09. The van der Waals surface area contributed by atoms with E-state index in [0.717, 1.165) is 31.4 Å². The van der Waals surface area contributed by atoms with Crippen molar-refractivity contribution in [1.82, 2.24) is 10.2 Å². The molecule has 0 aromatic heterocycles. The van der Waals surface area contributed by atoms with Crippen molar-refractivity contribution in [2.24, 2.45) is 5.92 Å². The van der Waals surface area contributed by atoms with Gasteiger partial charge in [-0.1, -0.05) is 18.9 Å². The van der Waals surface area contributed by atoms with Gasteiger partial charge in [0, 0.05) is 49.9 Å². The molecule has 140 valence electrons. The van der Waals surface area contributed by atoms with Crippen molar-refractivity contribution in [1.29, 1.82) is 0 Å². The van der Waals surface area contributed by atoms with E-state index >= 15 is 0 Å². The standard InChI is InChI=1S/C18H24N4O4/c23-17(13-19-18(24)14-4-1-2-5-14)21-10-8-20(9-11-21)15-6-3-7-16(12-15)22(25)26/h3,6-7,12,14H,1-2,4-5,8-11,13H2,(H,19,24). The lowest BCUT2D eigenvalue weighted by atomic mass is 10.1. The van der Waals surface area contributed by atoms with Crippen molar-refractivity contribution in [2.45, 2.75) is 25.7 Å². The number of nitro benzene ring substituents is 1. The van der Waals surface area contributed by atoms with Gasteiger partial charge in [-0.15, -0.1) is 0 Å². The lowest BCUT2D eigenvalue weighted by molar-refractivity contribution is -0.384. The van der Waals surface area contributed by atoms with Crippen LogP contribution < -0.4 is 10.2 Å². The third-order valence-electron chi connectivity index (χ3n) is 5.18. The van der Waals surface area contributed by atoms with E-state index in [4.69, 9.17) is 0 Å². The summed E-state index contributed by atoms with van der Waals surface area (Å²) in [6, 6.07) is 6.53. The topological polar surface area (TPSA) is 95.8 Å². The molecule has 1 aliphatic carbocycles.